The molecule has 17 heavy (non-hydrogen) atoms. The lowest BCUT2D eigenvalue weighted by atomic mass is 10.0. The van der Waals surface area contributed by atoms with Crippen LogP contribution < -0.4 is 5.32 Å². The minimum Gasteiger partial charge on any atom is -0.355 e. The molecule has 0 spiro atoms. The van der Waals surface area contributed by atoms with Crippen molar-refractivity contribution in [2.75, 3.05) is 7.05 Å². The fraction of sp³-hybridized carbons (Fsp3) is 0.0833. The van der Waals surface area contributed by atoms with E-state index < -0.39 is 4.92 Å². The molecule has 2 aromatic carbocycles. The number of rotatable bonds is 2. The third kappa shape index (κ3) is 1.82. The van der Waals surface area contributed by atoms with Crippen LogP contribution in [-0.2, 0) is 0 Å². The molecule has 1 N–H and O–H groups in total. The largest absolute Gasteiger partial charge is 0.355 e. The van der Waals surface area contributed by atoms with Gasteiger partial charge in [0.05, 0.1) is 10.3 Å². The minimum absolute atomic E-state index is 0.00764. The van der Waals surface area contributed by atoms with E-state index in [0.717, 1.165) is 0 Å². The highest BCUT2D eigenvalue weighted by Crippen LogP contribution is 2.28. The third-order valence-electron chi connectivity index (χ3n) is 2.57. The van der Waals surface area contributed by atoms with Gasteiger partial charge in [-0.25, -0.2) is 0 Å². The summed E-state index contributed by atoms with van der Waals surface area (Å²) in [4.78, 5) is 22.0. The van der Waals surface area contributed by atoms with E-state index in [-0.39, 0.29) is 11.6 Å². The molecule has 2 aromatic rings. The fourth-order valence-electron chi connectivity index (χ4n) is 1.78. The first kappa shape index (κ1) is 11.1. The van der Waals surface area contributed by atoms with Gasteiger partial charge in [0.2, 0.25) is 0 Å². The topological polar surface area (TPSA) is 72.2 Å². The predicted molar refractivity (Wildman–Crippen MR) is 64.0 cm³/mol. The Balaban J connectivity index is 2.79. The number of carbonyl (C=O) groups excluding carboxylic acids is 1. The van der Waals surface area contributed by atoms with Gasteiger partial charge in [-0.05, 0) is 12.1 Å². The van der Waals surface area contributed by atoms with Gasteiger partial charge in [-0.3, -0.25) is 14.9 Å². The summed E-state index contributed by atoms with van der Waals surface area (Å²) in [7, 11) is 1.53. The van der Waals surface area contributed by atoms with Crippen molar-refractivity contribution in [1.82, 2.24) is 5.32 Å². The van der Waals surface area contributed by atoms with E-state index in [2.05, 4.69) is 5.32 Å². The quantitative estimate of drug-likeness (QED) is 0.634. The predicted octanol–water partition coefficient (Wildman–Crippen LogP) is 2.11. The summed E-state index contributed by atoms with van der Waals surface area (Å²) in [6.07, 6.45) is 0. The zero-order valence-corrected chi connectivity index (χ0v) is 9.14. The smallest absolute Gasteiger partial charge is 0.277 e. The monoisotopic (exact) mass is 230 g/mol. The molecule has 0 aliphatic rings. The molecule has 0 heterocycles. The molecule has 5 nitrogen and oxygen atoms in total. The van der Waals surface area contributed by atoms with E-state index in [4.69, 9.17) is 0 Å². The van der Waals surface area contributed by atoms with Gasteiger partial charge in [0, 0.05) is 24.1 Å². The van der Waals surface area contributed by atoms with Crippen molar-refractivity contribution in [3.8, 4) is 0 Å². The second-order valence-corrected chi connectivity index (χ2v) is 3.51. The summed E-state index contributed by atoms with van der Waals surface area (Å²) in [6.45, 7) is 0. The Morgan fingerprint density at radius 2 is 1.82 bits per heavy atom. The van der Waals surface area contributed by atoms with E-state index in [1.165, 1.54) is 19.2 Å². The zero-order chi connectivity index (χ0) is 12.4. The lowest BCUT2D eigenvalue weighted by Crippen LogP contribution is -2.18. The third-order valence-corrected chi connectivity index (χ3v) is 2.57. The number of hydrogen-bond acceptors (Lipinski definition) is 3. The van der Waals surface area contributed by atoms with Crippen LogP contribution in [0, 0.1) is 10.1 Å². The number of benzene rings is 2. The maximum absolute atomic E-state index is 11.6. The molecule has 86 valence electrons. The van der Waals surface area contributed by atoms with Gasteiger partial charge >= 0.3 is 0 Å². The van der Waals surface area contributed by atoms with E-state index in [9.17, 15) is 14.9 Å². The standard InChI is InChI=1S/C12H10N2O3/c1-13-12(15)10-6-7-11(14(16)17)9-5-3-2-4-8(9)10/h2-7H,1H3,(H,13,15). The molecule has 0 aromatic heterocycles. The van der Waals surface area contributed by atoms with Crippen LogP contribution >= 0.6 is 0 Å². The van der Waals surface area contributed by atoms with E-state index >= 15 is 0 Å². The van der Waals surface area contributed by atoms with Crippen molar-refractivity contribution in [3.05, 3.63) is 52.1 Å². The number of nitro benzene ring substituents is 1. The molecule has 0 aliphatic carbocycles. The molecule has 0 aliphatic heterocycles. The summed E-state index contributed by atoms with van der Waals surface area (Å²) < 4.78 is 0. The van der Waals surface area contributed by atoms with Crippen molar-refractivity contribution in [1.29, 1.82) is 0 Å². The van der Waals surface area contributed by atoms with Crippen LogP contribution in [0.1, 0.15) is 10.4 Å². The zero-order valence-electron chi connectivity index (χ0n) is 9.14. The van der Waals surface area contributed by atoms with Crippen LogP contribution in [0.4, 0.5) is 5.69 Å². The van der Waals surface area contributed by atoms with E-state index in [0.29, 0.717) is 16.3 Å². The highest BCUT2D eigenvalue weighted by atomic mass is 16.6. The number of amides is 1. The van der Waals surface area contributed by atoms with E-state index in [1.54, 1.807) is 24.3 Å². The van der Waals surface area contributed by atoms with Crippen molar-refractivity contribution >= 4 is 22.4 Å². The maximum Gasteiger partial charge on any atom is 0.277 e. The Hall–Kier alpha value is -2.43. The molecular weight excluding hydrogens is 220 g/mol. The van der Waals surface area contributed by atoms with Crippen molar-refractivity contribution in [2.24, 2.45) is 0 Å². The number of carbonyl (C=O) groups is 1. The van der Waals surface area contributed by atoms with Gasteiger partial charge in [-0.1, -0.05) is 18.2 Å². The fourth-order valence-corrected chi connectivity index (χ4v) is 1.78. The first-order valence-corrected chi connectivity index (χ1v) is 5.03. The Kier molecular flexibility index (Phi) is 2.74. The molecule has 1 amide bonds. The van der Waals surface area contributed by atoms with Gasteiger partial charge in [-0.15, -0.1) is 0 Å². The van der Waals surface area contributed by atoms with Crippen molar-refractivity contribution in [2.45, 2.75) is 0 Å². The number of nitrogens with zero attached hydrogens (tertiary/aromatic N) is 1. The Morgan fingerprint density at radius 1 is 1.18 bits per heavy atom. The average Bonchev–Trinajstić information content (AvgIpc) is 2.36. The normalized spacial score (nSPS) is 10.2. The summed E-state index contributed by atoms with van der Waals surface area (Å²) in [5, 5.41) is 14.4. The molecule has 0 bridgehead atoms. The second kappa shape index (κ2) is 4.21. The van der Waals surface area contributed by atoms with Gasteiger partial charge in [0.1, 0.15) is 0 Å². The summed E-state index contributed by atoms with van der Waals surface area (Å²) in [6, 6.07) is 9.63. The van der Waals surface area contributed by atoms with E-state index in [1.807, 2.05) is 0 Å². The Labute approximate surface area is 97.2 Å². The average molecular weight is 230 g/mol. The first-order valence-electron chi connectivity index (χ1n) is 5.03. The number of nitrogens with one attached hydrogen (secondary N) is 1. The van der Waals surface area contributed by atoms with Crippen molar-refractivity contribution in [3.63, 3.8) is 0 Å². The van der Waals surface area contributed by atoms with Crippen LogP contribution in [-0.4, -0.2) is 17.9 Å². The molecule has 0 fully saturated rings. The lowest BCUT2D eigenvalue weighted by Gasteiger charge is -2.05. The highest BCUT2D eigenvalue weighted by Gasteiger charge is 2.16. The number of non-ortho nitro benzene ring substituents is 1. The van der Waals surface area contributed by atoms with Gasteiger partial charge in [-0.2, -0.15) is 0 Å². The van der Waals surface area contributed by atoms with Gasteiger partial charge in [0.25, 0.3) is 11.6 Å². The summed E-state index contributed by atoms with van der Waals surface area (Å²) in [5.74, 6) is -0.254. The molecule has 0 saturated carbocycles. The molecule has 0 atom stereocenters. The summed E-state index contributed by atoms with van der Waals surface area (Å²) >= 11 is 0. The molecule has 0 unspecified atom stereocenters. The Morgan fingerprint density at radius 3 is 2.41 bits per heavy atom. The minimum atomic E-state index is -0.448. The number of hydrogen-bond donors (Lipinski definition) is 1. The second-order valence-electron chi connectivity index (χ2n) is 3.51. The van der Waals surface area contributed by atoms with Crippen LogP contribution in [0.25, 0.3) is 10.8 Å². The van der Waals surface area contributed by atoms with Crippen molar-refractivity contribution < 1.29 is 9.72 Å². The van der Waals surface area contributed by atoms with Crippen LogP contribution in [0.2, 0.25) is 0 Å². The first-order chi connectivity index (χ1) is 8.15. The van der Waals surface area contributed by atoms with Crippen LogP contribution in [0.3, 0.4) is 0 Å². The molecule has 5 heteroatoms. The highest BCUT2D eigenvalue weighted by molar-refractivity contribution is 6.09. The molecule has 0 saturated heterocycles. The molecular formula is C12H10N2O3. The van der Waals surface area contributed by atoms with Gasteiger partial charge in [0.15, 0.2) is 0 Å². The SMILES string of the molecule is CNC(=O)c1ccc([N+](=O)[O-])c2ccccc12. The maximum atomic E-state index is 11.6. The molecule has 2 rings (SSSR count). The van der Waals surface area contributed by atoms with Crippen LogP contribution in [0.5, 0.6) is 0 Å². The molecule has 0 radical (unpaired) electrons. The van der Waals surface area contributed by atoms with Gasteiger partial charge < -0.3 is 5.32 Å². The number of nitro groups is 1. The summed E-state index contributed by atoms with van der Waals surface area (Å²) in [5.41, 5.74) is 0.446. The number of fused-ring (bicyclic) bond motifs is 1. The lowest BCUT2D eigenvalue weighted by molar-refractivity contribution is -0.383. The Bertz CT molecular complexity index is 608. The van der Waals surface area contributed by atoms with Crippen LogP contribution in [0.15, 0.2) is 36.4 Å².